The second-order valence-electron chi connectivity index (χ2n) is 5.33. The molecule has 0 saturated heterocycles. The number of rotatable bonds is 10. The molecule has 1 rings (SSSR count). The fourth-order valence-corrected chi connectivity index (χ4v) is 2.14. The normalized spacial score (nSPS) is 11.6. The van der Waals surface area contributed by atoms with Crippen LogP contribution in [0.15, 0.2) is 18.3 Å². The van der Waals surface area contributed by atoms with E-state index < -0.39 is 11.7 Å². The molecule has 0 fully saturated rings. The van der Waals surface area contributed by atoms with E-state index in [-0.39, 0.29) is 0 Å². The van der Waals surface area contributed by atoms with E-state index in [4.69, 9.17) is 0 Å². The maximum Gasteiger partial charge on any atom is 0.417 e. The van der Waals surface area contributed by atoms with Crippen molar-refractivity contribution in [2.75, 3.05) is 11.9 Å². The standard InChI is InChI=1S/C16H25F3N2/c1-2-3-4-5-6-7-8-9-12-20-15-11-10-14(13-21-15)16(17,18)19/h10-11,13H,2-9,12H2,1H3,(H,20,21). The highest BCUT2D eigenvalue weighted by atomic mass is 19.4. The number of aromatic nitrogens is 1. The van der Waals surface area contributed by atoms with Gasteiger partial charge in [-0.05, 0) is 18.6 Å². The highest BCUT2D eigenvalue weighted by Crippen LogP contribution is 2.28. The molecule has 0 saturated carbocycles. The molecular formula is C16H25F3N2. The van der Waals surface area contributed by atoms with Gasteiger partial charge in [0.2, 0.25) is 0 Å². The Balaban J connectivity index is 2.08. The van der Waals surface area contributed by atoms with E-state index in [9.17, 15) is 13.2 Å². The van der Waals surface area contributed by atoms with Crippen molar-refractivity contribution >= 4 is 5.82 Å². The topological polar surface area (TPSA) is 24.9 Å². The average molecular weight is 302 g/mol. The average Bonchev–Trinajstić information content (AvgIpc) is 2.45. The minimum atomic E-state index is -4.32. The summed E-state index contributed by atoms with van der Waals surface area (Å²) in [7, 11) is 0. The van der Waals surface area contributed by atoms with Crippen molar-refractivity contribution in [2.45, 2.75) is 64.5 Å². The van der Waals surface area contributed by atoms with E-state index in [2.05, 4.69) is 17.2 Å². The summed E-state index contributed by atoms with van der Waals surface area (Å²) in [5.41, 5.74) is -0.708. The smallest absolute Gasteiger partial charge is 0.370 e. The van der Waals surface area contributed by atoms with Crippen LogP contribution in [0.2, 0.25) is 0 Å². The Kier molecular flexibility index (Phi) is 8.16. The number of nitrogens with one attached hydrogen (secondary N) is 1. The van der Waals surface area contributed by atoms with Crippen LogP contribution in [0.1, 0.15) is 63.9 Å². The molecule has 5 heteroatoms. The number of hydrogen-bond donors (Lipinski definition) is 1. The van der Waals surface area contributed by atoms with Gasteiger partial charge in [0.1, 0.15) is 5.82 Å². The Labute approximate surface area is 125 Å². The first-order valence-electron chi connectivity index (χ1n) is 7.81. The molecule has 0 aromatic carbocycles. The Morgan fingerprint density at radius 3 is 2.10 bits per heavy atom. The highest BCUT2D eigenvalue weighted by molar-refractivity contribution is 5.35. The molecule has 1 aromatic heterocycles. The molecule has 1 aromatic rings. The maximum atomic E-state index is 12.4. The van der Waals surface area contributed by atoms with Gasteiger partial charge in [0, 0.05) is 12.7 Å². The van der Waals surface area contributed by atoms with Crippen LogP contribution >= 0.6 is 0 Å². The first kappa shape index (κ1) is 17.8. The molecule has 0 bridgehead atoms. The summed E-state index contributed by atoms with van der Waals surface area (Å²) < 4.78 is 37.1. The van der Waals surface area contributed by atoms with E-state index in [0.717, 1.165) is 31.6 Å². The lowest BCUT2D eigenvalue weighted by molar-refractivity contribution is -0.137. The molecule has 0 aliphatic rings. The molecule has 0 unspecified atom stereocenters. The number of nitrogens with zero attached hydrogens (tertiary/aromatic N) is 1. The Bertz CT molecular complexity index is 374. The molecule has 0 radical (unpaired) electrons. The molecule has 0 atom stereocenters. The maximum absolute atomic E-state index is 12.4. The number of alkyl halides is 3. The van der Waals surface area contributed by atoms with Crippen LogP contribution in [0.3, 0.4) is 0 Å². The van der Waals surface area contributed by atoms with Gasteiger partial charge in [-0.1, -0.05) is 51.9 Å². The third kappa shape index (κ3) is 7.93. The van der Waals surface area contributed by atoms with Gasteiger partial charge in [-0.2, -0.15) is 13.2 Å². The van der Waals surface area contributed by atoms with Crippen molar-refractivity contribution in [3.05, 3.63) is 23.9 Å². The molecule has 0 aliphatic carbocycles. The number of pyridine rings is 1. The lowest BCUT2D eigenvalue weighted by Gasteiger charge is -2.08. The second-order valence-corrected chi connectivity index (χ2v) is 5.33. The summed E-state index contributed by atoms with van der Waals surface area (Å²) in [6, 6.07) is 2.44. The van der Waals surface area contributed by atoms with Crippen LogP contribution in [0.4, 0.5) is 19.0 Å². The van der Waals surface area contributed by atoms with Crippen molar-refractivity contribution in [1.82, 2.24) is 4.98 Å². The molecular weight excluding hydrogens is 277 g/mol. The molecule has 1 heterocycles. The Morgan fingerprint density at radius 1 is 0.952 bits per heavy atom. The van der Waals surface area contributed by atoms with Gasteiger partial charge in [0.15, 0.2) is 0 Å². The van der Waals surface area contributed by atoms with Crippen LogP contribution in [0.25, 0.3) is 0 Å². The largest absolute Gasteiger partial charge is 0.417 e. The summed E-state index contributed by atoms with van der Waals surface area (Å²) >= 11 is 0. The van der Waals surface area contributed by atoms with Crippen LogP contribution < -0.4 is 5.32 Å². The number of hydrogen-bond acceptors (Lipinski definition) is 2. The van der Waals surface area contributed by atoms with E-state index in [1.807, 2.05) is 0 Å². The molecule has 21 heavy (non-hydrogen) atoms. The molecule has 0 aliphatic heterocycles. The molecule has 2 nitrogen and oxygen atoms in total. The SMILES string of the molecule is CCCCCCCCCCNc1ccc(C(F)(F)F)cn1. The van der Waals surface area contributed by atoms with Gasteiger partial charge >= 0.3 is 6.18 Å². The minimum Gasteiger partial charge on any atom is -0.370 e. The zero-order valence-electron chi connectivity index (χ0n) is 12.7. The van der Waals surface area contributed by atoms with Crippen molar-refractivity contribution in [2.24, 2.45) is 0 Å². The van der Waals surface area contributed by atoms with Crippen molar-refractivity contribution in [1.29, 1.82) is 0 Å². The molecule has 120 valence electrons. The zero-order valence-corrected chi connectivity index (χ0v) is 12.7. The van der Waals surface area contributed by atoms with Crippen LogP contribution in [0, 0.1) is 0 Å². The van der Waals surface area contributed by atoms with Crippen molar-refractivity contribution in [3.63, 3.8) is 0 Å². The van der Waals surface area contributed by atoms with Gasteiger partial charge < -0.3 is 5.32 Å². The van der Waals surface area contributed by atoms with Gasteiger partial charge in [-0.15, -0.1) is 0 Å². The molecule has 0 spiro atoms. The van der Waals surface area contributed by atoms with Gasteiger partial charge in [0.25, 0.3) is 0 Å². The Hall–Kier alpha value is -1.26. The van der Waals surface area contributed by atoms with E-state index in [1.54, 1.807) is 0 Å². The number of anilines is 1. The summed E-state index contributed by atoms with van der Waals surface area (Å²) in [6.45, 7) is 2.97. The first-order chi connectivity index (χ1) is 10.0. The minimum absolute atomic E-state index is 0.506. The van der Waals surface area contributed by atoms with Gasteiger partial charge in [-0.3, -0.25) is 0 Å². The summed E-state index contributed by atoms with van der Waals surface area (Å²) in [5, 5.41) is 3.06. The van der Waals surface area contributed by atoms with Crippen molar-refractivity contribution < 1.29 is 13.2 Å². The third-order valence-electron chi connectivity index (χ3n) is 3.43. The van der Waals surface area contributed by atoms with Crippen LogP contribution in [0.5, 0.6) is 0 Å². The summed E-state index contributed by atoms with van der Waals surface area (Å²) in [6.07, 6.45) is 6.46. The lowest BCUT2D eigenvalue weighted by Crippen LogP contribution is -2.07. The van der Waals surface area contributed by atoms with E-state index in [0.29, 0.717) is 5.82 Å². The predicted molar refractivity (Wildman–Crippen MR) is 80.3 cm³/mol. The van der Waals surface area contributed by atoms with Crippen LogP contribution in [-0.4, -0.2) is 11.5 Å². The van der Waals surface area contributed by atoms with E-state index in [1.165, 1.54) is 44.6 Å². The zero-order chi connectivity index (χ0) is 15.6. The fourth-order valence-electron chi connectivity index (χ4n) is 2.14. The monoisotopic (exact) mass is 302 g/mol. The number of unbranched alkanes of at least 4 members (excludes halogenated alkanes) is 7. The van der Waals surface area contributed by atoms with Crippen LogP contribution in [-0.2, 0) is 6.18 Å². The molecule has 0 amide bonds. The van der Waals surface area contributed by atoms with Crippen molar-refractivity contribution in [3.8, 4) is 0 Å². The number of halogens is 3. The quantitative estimate of drug-likeness (QED) is 0.565. The predicted octanol–water partition coefficient (Wildman–Crippen LogP) is 5.65. The van der Waals surface area contributed by atoms with Gasteiger partial charge in [-0.25, -0.2) is 4.98 Å². The second kappa shape index (κ2) is 9.64. The third-order valence-corrected chi connectivity index (χ3v) is 3.43. The van der Waals surface area contributed by atoms with Gasteiger partial charge in [0.05, 0.1) is 5.56 Å². The summed E-state index contributed by atoms with van der Waals surface area (Å²) in [5.74, 6) is 0.506. The summed E-state index contributed by atoms with van der Waals surface area (Å²) in [4.78, 5) is 3.78. The highest BCUT2D eigenvalue weighted by Gasteiger charge is 2.30. The Morgan fingerprint density at radius 2 is 1.57 bits per heavy atom. The lowest BCUT2D eigenvalue weighted by atomic mass is 10.1. The van der Waals surface area contributed by atoms with E-state index >= 15 is 0 Å². The molecule has 1 N–H and O–H groups in total. The first-order valence-corrected chi connectivity index (χ1v) is 7.81. The fraction of sp³-hybridized carbons (Fsp3) is 0.688.